The second-order valence-corrected chi connectivity index (χ2v) is 5.33. The minimum absolute atomic E-state index is 0.313. The second-order valence-electron chi connectivity index (χ2n) is 3.68. The molecule has 0 fully saturated rings. The first-order chi connectivity index (χ1) is 9.10. The fraction of sp³-hybridized carbons (Fsp3) is 0.154. The largest absolute Gasteiger partial charge is 0.497 e. The third kappa shape index (κ3) is 3.75. The van der Waals surface area contributed by atoms with Crippen LogP contribution in [0.1, 0.15) is 5.56 Å². The lowest BCUT2D eigenvalue weighted by atomic mass is 10.3. The average molecular weight is 363 g/mol. The van der Waals surface area contributed by atoms with Crippen molar-refractivity contribution < 1.29 is 9.47 Å². The Kier molecular flexibility index (Phi) is 4.91. The molecule has 0 aliphatic rings. The molecule has 0 bridgehead atoms. The van der Waals surface area contributed by atoms with Gasteiger partial charge in [0.2, 0.25) is 0 Å². The van der Waals surface area contributed by atoms with E-state index in [4.69, 9.17) is 32.7 Å². The van der Waals surface area contributed by atoms with E-state index in [1.165, 1.54) is 0 Å². The zero-order valence-corrected chi connectivity index (χ0v) is 13.1. The molecule has 0 atom stereocenters. The van der Waals surface area contributed by atoms with Gasteiger partial charge in [-0.05, 0) is 40.2 Å². The monoisotopic (exact) mass is 361 g/mol. The van der Waals surface area contributed by atoms with Crippen molar-refractivity contribution in [1.29, 1.82) is 0 Å². The van der Waals surface area contributed by atoms with Crippen molar-refractivity contribution >= 4 is 39.1 Å². The standard InChI is InChI=1S/C13H10BrCl2NO2/c1-18-9-2-3-12(10(14)4-9)19-7-8-6-17-13(16)5-11(8)15/h2-6H,7H2,1H3. The van der Waals surface area contributed by atoms with Gasteiger partial charge in [-0.25, -0.2) is 4.98 Å². The Labute approximate surface area is 129 Å². The van der Waals surface area contributed by atoms with Gasteiger partial charge in [0, 0.05) is 11.8 Å². The van der Waals surface area contributed by atoms with Gasteiger partial charge >= 0.3 is 0 Å². The number of pyridine rings is 1. The molecule has 1 aromatic carbocycles. The van der Waals surface area contributed by atoms with E-state index in [0.29, 0.717) is 22.5 Å². The van der Waals surface area contributed by atoms with Crippen LogP contribution in [0.4, 0.5) is 0 Å². The molecule has 0 radical (unpaired) electrons. The lowest BCUT2D eigenvalue weighted by Crippen LogP contribution is -1.98. The van der Waals surface area contributed by atoms with Gasteiger partial charge in [-0.3, -0.25) is 0 Å². The summed E-state index contributed by atoms with van der Waals surface area (Å²) in [6.45, 7) is 0.313. The van der Waals surface area contributed by atoms with Crippen LogP contribution in [0.3, 0.4) is 0 Å². The third-order valence-electron chi connectivity index (χ3n) is 2.42. The molecule has 6 heteroatoms. The van der Waals surface area contributed by atoms with Crippen molar-refractivity contribution in [2.45, 2.75) is 6.61 Å². The highest BCUT2D eigenvalue weighted by Gasteiger charge is 2.06. The molecule has 3 nitrogen and oxygen atoms in total. The highest BCUT2D eigenvalue weighted by atomic mass is 79.9. The third-order valence-corrected chi connectivity index (χ3v) is 3.60. The van der Waals surface area contributed by atoms with Crippen molar-refractivity contribution in [3.8, 4) is 11.5 Å². The maximum absolute atomic E-state index is 6.05. The summed E-state index contributed by atoms with van der Waals surface area (Å²) in [4.78, 5) is 3.97. The molecule has 100 valence electrons. The molecular formula is C13H10BrCl2NO2. The summed E-state index contributed by atoms with van der Waals surface area (Å²) in [5.74, 6) is 1.46. The molecule has 0 spiro atoms. The maximum atomic E-state index is 6.05. The Morgan fingerprint density at radius 3 is 2.68 bits per heavy atom. The number of rotatable bonds is 4. The van der Waals surface area contributed by atoms with Crippen LogP contribution in [0.5, 0.6) is 11.5 Å². The number of halogens is 3. The molecule has 0 N–H and O–H groups in total. The molecule has 0 aliphatic carbocycles. The highest BCUT2D eigenvalue weighted by molar-refractivity contribution is 9.10. The van der Waals surface area contributed by atoms with Crippen LogP contribution < -0.4 is 9.47 Å². The summed E-state index contributed by atoms with van der Waals surface area (Å²) in [6, 6.07) is 7.06. The maximum Gasteiger partial charge on any atom is 0.134 e. The first kappa shape index (κ1) is 14.4. The van der Waals surface area contributed by atoms with Crippen molar-refractivity contribution in [3.63, 3.8) is 0 Å². The minimum atomic E-state index is 0.313. The number of hydrogen-bond donors (Lipinski definition) is 0. The SMILES string of the molecule is COc1ccc(OCc2cnc(Cl)cc2Cl)c(Br)c1. The predicted molar refractivity (Wildman–Crippen MR) is 79.3 cm³/mol. The van der Waals surface area contributed by atoms with Crippen LogP contribution in [0.2, 0.25) is 10.2 Å². The van der Waals surface area contributed by atoms with Gasteiger partial charge in [0.25, 0.3) is 0 Å². The lowest BCUT2D eigenvalue weighted by molar-refractivity contribution is 0.303. The summed E-state index contributed by atoms with van der Waals surface area (Å²) in [5, 5.41) is 0.893. The zero-order valence-electron chi connectivity index (χ0n) is 9.99. The van der Waals surface area contributed by atoms with Gasteiger partial charge in [-0.15, -0.1) is 0 Å². The molecular weight excluding hydrogens is 353 g/mol. The highest BCUT2D eigenvalue weighted by Crippen LogP contribution is 2.30. The van der Waals surface area contributed by atoms with Crippen molar-refractivity contribution in [3.05, 3.63) is 50.7 Å². The normalized spacial score (nSPS) is 10.3. The van der Waals surface area contributed by atoms with Crippen LogP contribution in [0.25, 0.3) is 0 Å². The van der Waals surface area contributed by atoms with Gasteiger partial charge in [0.1, 0.15) is 23.3 Å². The van der Waals surface area contributed by atoms with Crippen LogP contribution in [0.15, 0.2) is 34.9 Å². The molecule has 19 heavy (non-hydrogen) atoms. The number of aromatic nitrogens is 1. The summed E-state index contributed by atoms with van der Waals surface area (Å²) in [6.07, 6.45) is 1.60. The minimum Gasteiger partial charge on any atom is -0.497 e. The summed E-state index contributed by atoms with van der Waals surface area (Å²) in [5.41, 5.74) is 0.772. The van der Waals surface area contributed by atoms with Crippen molar-refractivity contribution in [2.24, 2.45) is 0 Å². The van der Waals surface area contributed by atoms with Crippen LogP contribution in [-0.4, -0.2) is 12.1 Å². The number of nitrogens with zero attached hydrogens (tertiary/aromatic N) is 1. The molecule has 0 saturated carbocycles. The zero-order chi connectivity index (χ0) is 13.8. The van der Waals surface area contributed by atoms with E-state index in [2.05, 4.69) is 20.9 Å². The Hall–Kier alpha value is -0.970. The van der Waals surface area contributed by atoms with E-state index >= 15 is 0 Å². The van der Waals surface area contributed by atoms with Gasteiger partial charge in [-0.2, -0.15) is 0 Å². The Bertz CT molecular complexity index is 593. The van der Waals surface area contributed by atoms with Crippen molar-refractivity contribution in [1.82, 2.24) is 4.98 Å². The lowest BCUT2D eigenvalue weighted by Gasteiger charge is -2.10. The summed E-state index contributed by atoms with van der Waals surface area (Å²) >= 11 is 15.2. The Balaban J connectivity index is 2.10. The molecule has 0 amide bonds. The van der Waals surface area contributed by atoms with Gasteiger partial charge < -0.3 is 9.47 Å². The van der Waals surface area contributed by atoms with E-state index in [1.54, 1.807) is 19.4 Å². The van der Waals surface area contributed by atoms with E-state index in [-0.39, 0.29) is 0 Å². The molecule has 1 aromatic heterocycles. The molecule has 0 aliphatic heterocycles. The molecule has 2 rings (SSSR count). The Morgan fingerprint density at radius 2 is 2.05 bits per heavy atom. The second kappa shape index (κ2) is 6.46. The number of methoxy groups -OCH3 is 1. The van der Waals surface area contributed by atoms with E-state index in [1.807, 2.05) is 18.2 Å². The fourth-order valence-electron chi connectivity index (χ4n) is 1.42. The smallest absolute Gasteiger partial charge is 0.134 e. The van der Waals surface area contributed by atoms with Gasteiger partial charge in [-0.1, -0.05) is 23.2 Å². The molecule has 1 heterocycles. The van der Waals surface area contributed by atoms with E-state index in [9.17, 15) is 0 Å². The van der Waals surface area contributed by atoms with Gasteiger partial charge in [0.05, 0.1) is 16.6 Å². The van der Waals surface area contributed by atoms with Crippen molar-refractivity contribution in [2.75, 3.05) is 7.11 Å². The first-order valence-electron chi connectivity index (χ1n) is 5.36. The predicted octanol–water partition coefficient (Wildman–Crippen LogP) is 4.74. The number of hydrogen-bond acceptors (Lipinski definition) is 3. The van der Waals surface area contributed by atoms with Crippen LogP contribution in [0, 0.1) is 0 Å². The summed E-state index contributed by atoms with van der Waals surface area (Å²) in [7, 11) is 1.61. The number of ether oxygens (including phenoxy) is 2. The van der Waals surface area contributed by atoms with Crippen LogP contribution >= 0.6 is 39.1 Å². The number of benzene rings is 1. The summed E-state index contributed by atoms with van der Waals surface area (Å²) < 4.78 is 11.6. The van der Waals surface area contributed by atoms with E-state index in [0.717, 1.165) is 15.8 Å². The van der Waals surface area contributed by atoms with E-state index < -0.39 is 0 Å². The topological polar surface area (TPSA) is 31.4 Å². The fourth-order valence-corrected chi connectivity index (χ4v) is 2.32. The average Bonchev–Trinajstić information content (AvgIpc) is 2.39. The van der Waals surface area contributed by atoms with Crippen LogP contribution in [-0.2, 0) is 6.61 Å². The molecule has 0 unspecified atom stereocenters. The quantitative estimate of drug-likeness (QED) is 0.736. The first-order valence-corrected chi connectivity index (χ1v) is 6.91. The molecule has 2 aromatic rings. The molecule has 0 saturated heterocycles. The van der Waals surface area contributed by atoms with Gasteiger partial charge in [0.15, 0.2) is 0 Å². The Morgan fingerprint density at radius 1 is 1.26 bits per heavy atom.